The predicted octanol–water partition coefficient (Wildman–Crippen LogP) is 0.654. The Labute approximate surface area is 154 Å². The summed E-state index contributed by atoms with van der Waals surface area (Å²) in [6.45, 7) is 2.40. The first-order chi connectivity index (χ1) is 12.5. The molecule has 2 fully saturated rings. The van der Waals surface area contributed by atoms with Gasteiger partial charge in [-0.25, -0.2) is 0 Å². The van der Waals surface area contributed by atoms with Crippen molar-refractivity contribution >= 4 is 11.8 Å². The molecule has 2 saturated heterocycles. The molecule has 0 radical (unpaired) electrons. The molecule has 7 heteroatoms. The van der Waals surface area contributed by atoms with Gasteiger partial charge >= 0.3 is 0 Å². The minimum absolute atomic E-state index is 0.0484. The molecule has 2 aliphatic heterocycles. The molecule has 142 valence electrons. The van der Waals surface area contributed by atoms with Gasteiger partial charge in [0, 0.05) is 38.6 Å². The van der Waals surface area contributed by atoms with Gasteiger partial charge in [-0.1, -0.05) is 6.07 Å². The highest BCUT2D eigenvalue weighted by molar-refractivity contribution is 5.89. The number of amides is 2. The highest BCUT2D eigenvalue weighted by Crippen LogP contribution is 2.28. The molecule has 2 aliphatic rings. The van der Waals surface area contributed by atoms with Gasteiger partial charge in [-0.15, -0.1) is 0 Å². The molecule has 0 aromatic heterocycles. The van der Waals surface area contributed by atoms with Gasteiger partial charge in [0.05, 0.1) is 20.1 Å². The van der Waals surface area contributed by atoms with Crippen molar-refractivity contribution < 1.29 is 19.1 Å². The van der Waals surface area contributed by atoms with E-state index in [1.54, 1.807) is 24.0 Å². The molecule has 1 unspecified atom stereocenters. The van der Waals surface area contributed by atoms with Crippen LogP contribution in [0.4, 0.5) is 0 Å². The monoisotopic (exact) mass is 361 g/mol. The van der Waals surface area contributed by atoms with Crippen molar-refractivity contribution in [2.24, 2.45) is 11.7 Å². The molecule has 0 spiro atoms. The van der Waals surface area contributed by atoms with Crippen LogP contribution in [0.2, 0.25) is 0 Å². The number of ether oxygens (including phenoxy) is 2. The summed E-state index contributed by atoms with van der Waals surface area (Å²) in [5, 5.41) is 0. The topological polar surface area (TPSA) is 85.1 Å². The average Bonchev–Trinajstić information content (AvgIpc) is 3.24. The summed E-state index contributed by atoms with van der Waals surface area (Å²) in [5.41, 5.74) is 6.95. The maximum Gasteiger partial charge on any atom is 0.228 e. The molecule has 0 aliphatic carbocycles. The highest BCUT2D eigenvalue weighted by atomic mass is 16.5. The molecule has 3 rings (SSSR count). The molecule has 1 aromatic carbocycles. The summed E-state index contributed by atoms with van der Waals surface area (Å²) in [4.78, 5) is 28.5. The van der Waals surface area contributed by atoms with E-state index in [4.69, 9.17) is 15.2 Å². The molecular weight excluding hydrogens is 334 g/mol. The second-order valence-electron chi connectivity index (χ2n) is 7.01. The van der Waals surface area contributed by atoms with E-state index in [-0.39, 0.29) is 23.8 Å². The fraction of sp³-hybridized carbons (Fsp3) is 0.579. The van der Waals surface area contributed by atoms with Crippen LogP contribution in [0.5, 0.6) is 11.5 Å². The molecule has 0 bridgehead atoms. The Morgan fingerprint density at radius 2 is 2.00 bits per heavy atom. The van der Waals surface area contributed by atoms with Crippen LogP contribution in [-0.2, 0) is 16.0 Å². The Bertz CT molecular complexity index is 679. The van der Waals surface area contributed by atoms with E-state index in [0.29, 0.717) is 50.5 Å². The molecule has 2 heterocycles. The van der Waals surface area contributed by atoms with Gasteiger partial charge in [0.1, 0.15) is 0 Å². The van der Waals surface area contributed by atoms with E-state index in [0.717, 1.165) is 12.0 Å². The number of methoxy groups -OCH3 is 2. The zero-order chi connectivity index (χ0) is 18.7. The second kappa shape index (κ2) is 7.95. The van der Waals surface area contributed by atoms with Crippen molar-refractivity contribution in [3.8, 4) is 11.5 Å². The van der Waals surface area contributed by atoms with Crippen LogP contribution in [0.15, 0.2) is 18.2 Å². The van der Waals surface area contributed by atoms with Crippen LogP contribution < -0.4 is 15.2 Å². The van der Waals surface area contributed by atoms with Gasteiger partial charge in [0.25, 0.3) is 0 Å². The number of hydrogen-bond donors (Lipinski definition) is 1. The molecule has 2 atom stereocenters. The summed E-state index contributed by atoms with van der Waals surface area (Å²) in [6, 6.07) is 5.82. The number of carbonyl (C=O) groups is 2. The van der Waals surface area contributed by atoms with Crippen LogP contribution in [-0.4, -0.2) is 68.1 Å². The Morgan fingerprint density at radius 3 is 2.65 bits per heavy atom. The van der Waals surface area contributed by atoms with Crippen LogP contribution in [0.25, 0.3) is 0 Å². The largest absolute Gasteiger partial charge is 0.493 e. The maximum atomic E-state index is 12.6. The molecule has 0 saturated carbocycles. The Morgan fingerprint density at radius 1 is 1.23 bits per heavy atom. The van der Waals surface area contributed by atoms with Crippen molar-refractivity contribution in [1.29, 1.82) is 0 Å². The van der Waals surface area contributed by atoms with E-state index < -0.39 is 0 Å². The molecule has 2 amide bonds. The lowest BCUT2D eigenvalue weighted by molar-refractivity contribution is -0.134. The maximum absolute atomic E-state index is 12.6. The molecular formula is C19H27N3O4. The Kier molecular flexibility index (Phi) is 5.66. The fourth-order valence-corrected chi connectivity index (χ4v) is 3.70. The van der Waals surface area contributed by atoms with E-state index in [9.17, 15) is 9.59 Å². The first kappa shape index (κ1) is 18.5. The summed E-state index contributed by atoms with van der Waals surface area (Å²) in [6.07, 6.45) is 1.85. The van der Waals surface area contributed by atoms with E-state index in [1.807, 2.05) is 18.2 Å². The lowest BCUT2D eigenvalue weighted by Gasteiger charge is -2.21. The summed E-state index contributed by atoms with van der Waals surface area (Å²) in [5.74, 6) is 1.24. The lowest BCUT2D eigenvalue weighted by Crippen LogP contribution is -2.37. The SMILES string of the molecule is COc1ccc(CCN2CC(C(=O)N3CC[C@@H](N)C3)CC2=O)cc1OC. The van der Waals surface area contributed by atoms with E-state index in [2.05, 4.69) is 0 Å². The molecule has 2 N–H and O–H groups in total. The number of hydrogen-bond acceptors (Lipinski definition) is 5. The zero-order valence-corrected chi connectivity index (χ0v) is 15.4. The zero-order valence-electron chi connectivity index (χ0n) is 15.4. The first-order valence-corrected chi connectivity index (χ1v) is 9.05. The van der Waals surface area contributed by atoms with Crippen molar-refractivity contribution in [1.82, 2.24) is 9.80 Å². The predicted molar refractivity (Wildman–Crippen MR) is 97.1 cm³/mol. The van der Waals surface area contributed by atoms with E-state index >= 15 is 0 Å². The van der Waals surface area contributed by atoms with Crippen LogP contribution in [0, 0.1) is 5.92 Å². The Hall–Kier alpha value is -2.28. The van der Waals surface area contributed by atoms with Gasteiger partial charge in [-0.2, -0.15) is 0 Å². The molecule has 1 aromatic rings. The van der Waals surface area contributed by atoms with Crippen molar-refractivity contribution in [3.63, 3.8) is 0 Å². The number of nitrogens with zero attached hydrogens (tertiary/aromatic N) is 2. The van der Waals surface area contributed by atoms with Gasteiger partial charge in [-0.05, 0) is 30.5 Å². The standard InChI is InChI=1S/C19H27N3O4/c1-25-16-4-3-13(9-17(16)26-2)5-7-21-11-14(10-18(21)23)19(24)22-8-6-15(20)12-22/h3-4,9,14-15H,5-8,10-12,20H2,1-2H3/t14?,15-/m1/s1. The molecule has 26 heavy (non-hydrogen) atoms. The number of likely N-dealkylation sites (tertiary alicyclic amines) is 2. The van der Waals surface area contributed by atoms with Crippen LogP contribution >= 0.6 is 0 Å². The van der Waals surface area contributed by atoms with Gasteiger partial charge in [-0.3, -0.25) is 9.59 Å². The van der Waals surface area contributed by atoms with Crippen LogP contribution in [0.1, 0.15) is 18.4 Å². The molecule has 7 nitrogen and oxygen atoms in total. The number of nitrogens with two attached hydrogens (primary N) is 1. The van der Waals surface area contributed by atoms with Crippen molar-refractivity contribution in [2.45, 2.75) is 25.3 Å². The summed E-state index contributed by atoms with van der Waals surface area (Å²) >= 11 is 0. The number of carbonyl (C=O) groups excluding carboxylic acids is 2. The fourth-order valence-electron chi connectivity index (χ4n) is 3.70. The summed E-state index contributed by atoms with van der Waals surface area (Å²) in [7, 11) is 3.21. The second-order valence-corrected chi connectivity index (χ2v) is 7.01. The van der Waals surface area contributed by atoms with Crippen molar-refractivity contribution in [3.05, 3.63) is 23.8 Å². The normalized spacial score (nSPS) is 22.8. The smallest absolute Gasteiger partial charge is 0.228 e. The minimum Gasteiger partial charge on any atom is -0.493 e. The number of benzene rings is 1. The van der Waals surface area contributed by atoms with Gasteiger partial charge in [0.15, 0.2) is 11.5 Å². The quantitative estimate of drug-likeness (QED) is 0.804. The lowest BCUT2D eigenvalue weighted by atomic mass is 10.1. The first-order valence-electron chi connectivity index (χ1n) is 9.05. The Balaban J connectivity index is 1.56. The third kappa shape index (κ3) is 3.93. The highest BCUT2D eigenvalue weighted by Gasteiger charge is 2.37. The van der Waals surface area contributed by atoms with Gasteiger partial charge in [0.2, 0.25) is 11.8 Å². The third-order valence-electron chi connectivity index (χ3n) is 5.22. The average molecular weight is 361 g/mol. The third-order valence-corrected chi connectivity index (χ3v) is 5.22. The minimum atomic E-state index is -0.238. The number of rotatable bonds is 6. The van der Waals surface area contributed by atoms with Gasteiger partial charge < -0.3 is 25.0 Å². The van der Waals surface area contributed by atoms with E-state index in [1.165, 1.54) is 0 Å². The van der Waals surface area contributed by atoms with Crippen LogP contribution in [0.3, 0.4) is 0 Å². The van der Waals surface area contributed by atoms with Crippen molar-refractivity contribution in [2.75, 3.05) is 40.4 Å². The summed E-state index contributed by atoms with van der Waals surface area (Å²) < 4.78 is 10.6.